The second-order valence-electron chi connectivity index (χ2n) is 11.0. The number of unbranched alkanes of at least 4 members (excludes halogenated alkanes) is 1. The third-order valence-corrected chi connectivity index (χ3v) is 8.39. The van der Waals surface area contributed by atoms with E-state index in [0.29, 0.717) is 6.42 Å². The Bertz CT molecular complexity index is 1110. The number of aromatic nitrogens is 1. The van der Waals surface area contributed by atoms with Crippen molar-refractivity contribution in [1.82, 2.24) is 20.5 Å². The molecule has 3 rings (SSSR count). The number of carbonyl (C=O) groups is 3. The molecule has 0 bridgehead atoms. The lowest BCUT2D eigenvalue weighted by Gasteiger charge is -2.35. The second kappa shape index (κ2) is 13.2. The van der Waals surface area contributed by atoms with Crippen molar-refractivity contribution in [3.63, 3.8) is 0 Å². The Morgan fingerprint density at radius 2 is 1.87 bits per heavy atom. The highest BCUT2D eigenvalue weighted by molar-refractivity contribution is 9.09. The normalized spacial score (nSPS) is 19.2. The van der Waals surface area contributed by atoms with Gasteiger partial charge in [-0.3, -0.25) is 14.4 Å². The summed E-state index contributed by atoms with van der Waals surface area (Å²) in [7, 11) is 0. The van der Waals surface area contributed by atoms with Gasteiger partial charge in [0.2, 0.25) is 17.7 Å². The highest BCUT2D eigenvalue weighted by Gasteiger charge is 2.44. The van der Waals surface area contributed by atoms with Crippen LogP contribution in [0, 0.1) is 12.3 Å². The summed E-state index contributed by atoms with van der Waals surface area (Å²) in [4.78, 5) is 46.4. The van der Waals surface area contributed by atoms with E-state index >= 15 is 0 Å². The van der Waals surface area contributed by atoms with E-state index in [9.17, 15) is 19.5 Å². The molecule has 3 N–H and O–H groups in total. The number of carbonyl (C=O) groups excluding carboxylic acids is 3. The van der Waals surface area contributed by atoms with Crippen LogP contribution < -0.4 is 10.6 Å². The quantitative estimate of drug-likeness (QED) is 0.275. The van der Waals surface area contributed by atoms with Crippen LogP contribution in [-0.4, -0.2) is 62.8 Å². The molecule has 3 amide bonds. The molecule has 38 heavy (non-hydrogen) atoms. The van der Waals surface area contributed by atoms with Crippen LogP contribution in [-0.2, 0) is 14.4 Å². The van der Waals surface area contributed by atoms with E-state index in [1.165, 1.54) is 4.90 Å². The summed E-state index contributed by atoms with van der Waals surface area (Å²) >= 11 is 4.95. The number of likely N-dealkylation sites (tertiary alicyclic amines) is 1. The number of nitrogens with one attached hydrogen (secondary N) is 2. The highest BCUT2D eigenvalue weighted by atomic mass is 79.9. The number of benzene rings is 1. The number of alkyl halides is 1. The molecular weight excluding hydrogens is 568 g/mol. The number of aliphatic hydroxyl groups excluding tert-OH is 1. The number of amides is 3. The summed E-state index contributed by atoms with van der Waals surface area (Å²) in [6, 6.07) is 6.08. The molecule has 4 atom stereocenters. The minimum atomic E-state index is -0.811. The van der Waals surface area contributed by atoms with E-state index in [0.717, 1.165) is 39.9 Å². The maximum Gasteiger partial charge on any atom is 0.246 e. The zero-order chi connectivity index (χ0) is 28.0. The fourth-order valence-corrected chi connectivity index (χ4v) is 5.84. The summed E-state index contributed by atoms with van der Waals surface area (Å²) in [5, 5.41) is 17.1. The van der Waals surface area contributed by atoms with Gasteiger partial charge in [0.15, 0.2) is 0 Å². The molecule has 8 nitrogen and oxygen atoms in total. The summed E-state index contributed by atoms with van der Waals surface area (Å²) in [6.07, 6.45) is 1.27. The third kappa shape index (κ3) is 7.64. The van der Waals surface area contributed by atoms with Crippen molar-refractivity contribution in [2.24, 2.45) is 5.41 Å². The standard InChI is InChI=1S/C28H39BrN4O4S/c1-17(19-9-11-20(12-10-19)24-18(2)30-16-38-24)31-26(36)22-14-21(34)15-33(22)27(37)25(28(3,4)5)32-23(35)8-6-7-13-29/h9-12,16-17,21-22,25,34H,6-8,13-15H2,1-5H3,(H,31,36)(H,32,35)/t17-,21+,22-,25+/m0/s1. The number of β-amino-alcohol motifs (C(OH)–C–C–N with tert-alkyl or cyclic N) is 1. The molecule has 2 aromatic rings. The largest absolute Gasteiger partial charge is 0.391 e. The van der Waals surface area contributed by atoms with Crippen molar-refractivity contribution in [1.29, 1.82) is 0 Å². The Labute approximate surface area is 237 Å². The van der Waals surface area contributed by atoms with E-state index in [2.05, 4.69) is 31.5 Å². The van der Waals surface area contributed by atoms with E-state index < -0.39 is 23.6 Å². The first-order valence-electron chi connectivity index (χ1n) is 13.1. The molecule has 1 aromatic carbocycles. The lowest BCUT2D eigenvalue weighted by Crippen LogP contribution is -2.57. The summed E-state index contributed by atoms with van der Waals surface area (Å²) < 4.78 is 0. The van der Waals surface area contributed by atoms with Crippen LogP contribution in [0.4, 0.5) is 0 Å². The van der Waals surface area contributed by atoms with Crippen LogP contribution in [0.3, 0.4) is 0 Å². The molecule has 0 aliphatic carbocycles. The highest BCUT2D eigenvalue weighted by Crippen LogP contribution is 2.29. The molecule has 0 saturated carbocycles. The SMILES string of the molecule is Cc1ncsc1-c1ccc([C@H](C)NC(=O)[C@@H]2C[C@@H](O)CN2C(=O)[C@@H](NC(=O)CCCCBr)C(C)(C)C)cc1. The van der Waals surface area contributed by atoms with Crippen molar-refractivity contribution < 1.29 is 19.5 Å². The first kappa shape index (κ1) is 30.2. The number of hydrogen-bond donors (Lipinski definition) is 3. The molecule has 208 valence electrons. The summed E-state index contributed by atoms with van der Waals surface area (Å²) in [6.45, 7) is 9.58. The van der Waals surface area contributed by atoms with Crippen molar-refractivity contribution in [2.75, 3.05) is 11.9 Å². The van der Waals surface area contributed by atoms with Gasteiger partial charge in [0.1, 0.15) is 12.1 Å². The first-order valence-corrected chi connectivity index (χ1v) is 15.1. The molecule has 1 aliphatic heterocycles. The van der Waals surface area contributed by atoms with Crippen molar-refractivity contribution in [2.45, 2.75) is 84.5 Å². The monoisotopic (exact) mass is 606 g/mol. The van der Waals surface area contributed by atoms with Crippen molar-refractivity contribution in [3.8, 4) is 10.4 Å². The first-order chi connectivity index (χ1) is 17.9. The summed E-state index contributed by atoms with van der Waals surface area (Å²) in [5.74, 6) is -0.855. The van der Waals surface area contributed by atoms with E-state index in [-0.39, 0.29) is 36.7 Å². The van der Waals surface area contributed by atoms with Crippen LogP contribution >= 0.6 is 27.3 Å². The zero-order valence-corrected chi connectivity index (χ0v) is 25.2. The number of rotatable bonds is 10. The fourth-order valence-electron chi connectivity index (χ4n) is 4.63. The Morgan fingerprint density at radius 1 is 1.18 bits per heavy atom. The molecule has 0 unspecified atom stereocenters. The molecule has 1 saturated heterocycles. The summed E-state index contributed by atoms with van der Waals surface area (Å²) in [5.41, 5.74) is 4.25. The number of aliphatic hydroxyl groups is 1. The third-order valence-electron chi connectivity index (χ3n) is 6.85. The van der Waals surface area contributed by atoms with Crippen LogP contribution in [0.1, 0.15) is 70.7 Å². The van der Waals surface area contributed by atoms with Gasteiger partial charge < -0.3 is 20.6 Å². The minimum absolute atomic E-state index is 0.0558. The van der Waals surface area contributed by atoms with E-state index in [1.807, 2.05) is 64.4 Å². The van der Waals surface area contributed by atoms with E-state index in [4.69, 9.17) is 0 Å². The predicted octanol–water partition coefficient (Wildman–Crippen LogP) is 4.35. The van der Waals surface area contributed by atoms with Gasteiger partial charge in [-0.2, -0.15) is 0 Å². The molecule has 2 heterocycles. The van der Waals surface area contributed by atoms with E-state index in [1.54, 1.807) is 11.3 Å². The van der Waals surface area contributed by atoms with Gasteiger partial charge in [-0.25, -0.2) is 4.98 Å². The molecule has 1 fully saturated rings. The average molecular weight is 608 g/mol. The molecule has 0 spiro atoms. The predicted molar refractivity (Wildman–Crippen MR) is 154 cm³/mol. The number of halogens is 1. The molecule has 1 aliphatic rings. The maximum atomic E-state index is 13.7. The lowest BCUT2D eigenvalue weighted by molar-refractivity contribution is -0.144. The fraction of sp³-hybridized carbons (Fsp3) is 0.571. The maximum absolute atomic E-state index is 13.7. The van der Waals surface area contributed by atoms with Crippen molar-refractivity contribution >= 4 is 45.0 Å². The van der Waals surface area contributed by atoms with Gasteiger partial charge in [0.05, 0.1) is 28.2 Å². The lowest BCUT2D eigenvalue weighted by atomic mass is 9.85. The Morgan fingerprint density at radius 3 is 2.45 bits per heavy atom. The van der Waals surface area contributed by atoms with Gasteiger partial charge in [-0.05, 0) is 43.2 Å². The average Bonchev–Trinajstić information content (AvgIpc) is 3.47. The van der Waals surface area contributed by atoms with Gasteiger partial charge in [0.25, 0.3) is 0 Å². The van der Waals surface area contributed by atoms with Crippen LogP contribution in [0.5, 0.6) is 0 Å². The van der Waals surface area contributed by atoms with Gasteiger partial charge in [0, 0.05) is 24.7 Å². The zero-order valence-electron chi connectivity index (χ0n) is 22.8. The smallest absolute Gasteiger partial charge is 0.246 e. The molecule has 10 heteroatoms. The number of hydrogen-bond acceptors (Lipinski definition) is 6. The molecule has 1 aromatic heterocycles. The van der Waals surface area contributed by atoms with Gasteiger partial charge in [-0.1, -0.05) is 61.0 Å². The van der Waals surface area contributed by atoms with Crippen LogP contribution in [0.2, 0.25) is 0 Å². The number of thiazole rings is 1. The molecular formula is C28H39BrN4O4S. The van der Waals surface area contributed by atoms with Crippen molar-refractivity contribution in [3.05, 3.63) is 41.0 Å². The minimum Gasteiger partial charge on any atom is -0.391 e. The number of nitrogens with zero attached hydrogens (tertiary/aromatic N) is 2. The second-order valence-corrected chi connectivity index (χ2v) is 12.7. The van der Waals surface area contributed by atoms with Crippen LogP contribution in [0.15, 0.2) is 29.8 Å². The Kier molecular flexibility index (Phi) is 10.5. The topological polar surface area (TPSA) is 112 Å². The van der Waals surface area contributed by atoms with Gasteiger partial charge >= 0.3 is 0 Å². The van der Waals surface area contributed by atoms with Gasteiger partial charge in [-0.15, -0.1) is 11.3 Å². The Hall–Kier alpha value is -2.30. The Balaban J connectivity index is 1.69. The number of aryl methyl sites for hydroxylation is 1. The molecule has 0 radical (unpaired) electrons. The van der Waals surface area contributed by atoms with Crippen LogP contribution in [0.25, 0.3) is 10.4 Å².